The molecule has 4 rings (SSSR count). The first-order valence-electron chi connectivity index (χ1n) is 9.97. The molecule has 1 saturated carbocycles. The molecule has 0 bridgehead atoms. The average molecular weight is 393 g/mol. The van der Waals surface area contributed by atoms with E-state index in [0.29, 0.717) is 6.54 Å². The molecule has 1 spiro atoms. The molecule has 1 N–H and O–H groups in total. The second-order valence-electron chi connectivity index (χ2n) is 7.76. The van der Waals surface area contributed by atoms with Crippen LogP contribution < -0.4 is 5.32 Å². The normalized spacial score (nSPS) is 22.1. The summed E-state index contributed by atoms with van der Waals surface area (Å²) >= 11 is 1.57. The number of nitrogens with zero attached hydrogens (tertiary/aromatic N) is 1. The van der Waals surface area contributed by atoms with Crippen LogP contribution in [0.15, 0.2) is 6.07 Å². The Morgan fingerprint density at radius 2 is 2.15 bits per heavy atom. The van der Waals surface area contributed by atoms with Gasteiger partial charge in [-0.25, -0.2) is 0 Å². The molecule has 7 heteroatoms. The van der Waals surface area contributed by atoms with Crippen molar-refractivity contribution in [2.45, 2.75) is 56.6 Å². The Balaban J connectivity index is 1.42. The zero-order valence-electron chi connectivity index (χ0n) is 15.9. The van der Waals surface area contributed by atoms with Crippen LogP contribution in [-0.4, -0.2) is 56.2 Å². The van der Waals surface area contributed by atoms with E-state index in [1.165, 1.54) is 36.8 Å². The van der Waals surface area contributed by atoms with E-state index < -0.39 is 0 Å². The fraction of sp³-hybridized carbons (Fsp3) is 0.700. The highest BCUT2D eigenvalue weighted by molar-refractivity contribution is 7.14. The molecular formula is C20H28N2O4S. The summed E-state index contributed by atoms with van der Waals surface area (Å²) in [4.78, 5) is 28.3. The van der Waals surface area contributed by atoms with E-state index in [1.54, 1.807) is 11.3 Å². The minimum Gasteiger partial charge on any atom is -0.469 e. The molecule has 6 nitrogen and oxygen atoms in total. The smallest absolute Gasteiger partial charge is 0.307 e. The molecule has 1 aliphatic carbocycles. The van der Waals surface area contributed by atoms with Gasteiger partial charge in [-0.15, -0.1) is 11.3 Å². The number of fused-ring (bicyclic) bond motifs is 2. The van der Waals surface area contributed by atoms with E-state index in [1.807, 2.05) is 6.07 Å². The van der Waals surface area contributed by atoms with Crippen LogP contribution in [0.4, 0.5) is 0 Å². The SMILES string of the molecule is COC(=O)CCNC(=O)c1cc2c(s1)C1(CCN(C3CCC3)CC1)OCC2. The van der Waals surface area contributed by atoms with Crippen molar-refractivity contribution < 1.29 is 19.1 Å². The van der Waals surface area contributed by atoms with Crippen molar-refractivity contribution in [3.8, 4) is 0 Å². The molecule has 2 aliphatic heterocycles. The maximum atomic E-state index is 12.5. The van der Waals surface area contributed by atoms with E-state index in [2.05, 4.69) is 15.0 Å². The number of ether oxygens (including phenoxy) is 2. The van der Waals surface area contributed by atoms with E-state index in [0.717, 1.165) is 49.9 Å². The quantitative estimate of drug-likeness (QED) is 0.780. The summed E-state index contributed by atoms with van der Waals surface area (Å²) in [5.74, 6) is -0.424. The van der Waals surface area contributed by atoms with Crippen LogP contribution in [0.3, 0.4) is 0 Å². The van der Waals surface area contributed by atoms with Crippen molar-refractivity contribution in [3.63, 3.8) is 0 Å². The third-order valence-electron chi connectivity index (χ3n) is 6.24. The average Bonchev–Trinajstić information content (AvgIpc) is 3.08. The van der Waals surface area contributed by atoms with Gasteiger partial charge in [0.25, 0.3) is 5.91 Å². The Hall–Kier alpha value is -1.44. The van der Waals surface area contributed by atoms with Gasteiger partial charge >= 0.3 is 5.97 Å². The molecule has 3 heterocycles. The third kappa shape index (κ3) is 3.77. The van der Waals surface area contributed by atoms with Crippen LogP contribution >= 0.6 is 11.3 Å². The first-order valence-corrected chi connectivity index (χ1v) is 10.8. The Kier molecular flexibility index (Phi) is 5.53. The number of carbonyl (C=O) groups excluding carboxylic acids is 2. The number of rotatable bonds is 5. The zero-order valence-corrected chi connectivity index (χ0v) is 16.7. The van der Waals surface area contributed by atoms with Gasteiger partial charge in [-0.3, -0.25) is 9.59 Å². The lowest BCUT2D eigenvalue weighted by Crippen LogP contribution is -2.50. The summed E-state index contributed by atoms with van der Waals surface area (Å²) in [7, 11) is 1.35. The lowest BCUT2D eigenvalue weighted by molar-refractivity contribution is -0.140. The first-order chi connectivity index (χ1) is 13.1. The zero-order chi connectivity index (χ0) is 18.9. The molecule has 1 aromatic heterocycles. The molecule has 1 aromatic rings. The fourth-order valence-electron chi connectivity index (χ4n) is 4.37. The van der Waals surface area contributed by atoms with Gasteiger partial charge in [0.2, 0.25) is 0 Å². The Labute approximate surface area is 164 Å². The largest absolute Gasteiger partial charge is 0.469 e. The van der Waals surface area contributed by atoms with Gasteiger partial charge in [-0.1, -0.05) is 6.42 Å². The van der Waals surface area contributed by atoms with Gasteiger partial charge in [0.15, 0.2) is 0 Å². The molecule has 148 valence electrons. The number of esters is 1. The van der Waals surface area contributed by atoms with Crippen LogP contribution in [0.25, 0.3) is 0 Å². The molecule has 0 radical (unpaired) electrons. The van der Waals surface area contributed by atoms with E-state index in [-0.39, 0.29) is 23.9 Å². The highest BCUT2D eigenvalue weighted by Crippen LogP contribution is 2.46. The number of carbonyl (C=O) groups is 2. The second kappa shape index (κ2) is 7.89. The molecule has 1 amide bonds. The minimum absolute atomic E-state index is 0.111. The number of hydrogen-bond acceptors (Lipinski definition) is 6. The Bertz CT molecular complexity index is 705. The Morgan fingerprint density at radius 1 is 1.37 bits per heavy atom. The van der Waals surface area contributed by atoms with E-state index >= 15 is 0 Å². The maximum Gasteiger partial charge on any atom is 0.307 e. The monoisotopic (exact) mass is 392 g/mol. The van der Waals surface area contributed by atoms with Crippen molar-refractivity contribution in [2.24, 2.45) is 0 Å². The van der Waals surface area contributed by atoms with Crippen LogP contribution in [0.5, 0.6) is 0 Å². The number of likely N-dealkylation sites (tertiary alicyclic amines) is 1. The summed E-state index contributed by atoms with van der Waals surface area (Å²) in [6.45, 7) is 3.20. The number of nitrogens with one attached hydrogen (secondary N) is 1. The van der Waals surface area contributed by atoms with Crippen molar-refractivity contribution in [1.82, 2.24) is 10.2 Å². The lowest BCUT2D eigenvalue weighted by atomic mass is 9.82. The second-order valence-corrected chi connectivity index (χ2v) is 8.81. The maximum absolute atomic E-state index is 12.5. The summed E-state index contributed by atoms with van der Waals surface area (Å²) in [6, 6.07) is 2.81. The minimum atomic E-state index is -0.314. The molecule has 3 aliphatic rings. The van der Waals surface area contributed by atoms with Gasteiger partial charge in [-0.2, -0.15) is 0 Å². The topological polar surface area (TPSA) is 67.9 Å². The van der Waals surface area contributed by atoms with Crippen LogP contribution in [-0.2, 0) is 26.3 Å². The fourth-order valence-corrected chi connectivity index (χ4v) is 5.70. The number of amides is 1. The summed E-state index contributed by atoms with van der Waals surface area (Å²) in [5, 5.41) is 2.82. The molecular weight excluding hydrogens is 364 g/mol. The van der Waals surface area contributed by atoms with E-state index in [4.69, 9.17) is 4.74 Å². The molecule has 1 saturated heterocycles. The highest BCUT2D eigenvalue weighted by Gasteiger charge is 2.44. The number of methoxy groups -OCH3 is 1. The van der Waals surface area contributed by atoms with Gasteiger partial charge < -0.3 is 19.7 Å². The van der Waals surface area contributed by atoms with Crippen LogP contribution in [0.1, 0.15) is 58.6 Å². The predicted octanol–water partition coefficient (Wildman–Crippen LogP) is 2.46. The number of piperidine rings is 1. The molecule has 0 aromatic carbocycles. The van der Waals surface area contributed by atoms with Gasteiger partial charge in [0.05, 0.1) is 25.0 Å². The summed E-state index contributed by atoms with van der Waals surface area (Å²) in [6.07, 6.45) is 7.14. The standard InChI is InChI=1S/C20H28N2O4S/c1-25-17(23)5-9-21-19(24)16-13-14-6-12-26-20(18(14)27-16)7-10-22(11-8-20)15-3-2-4-15/h13,15H,2-12H2,1H3,(H,21,24). The highest BCUT2D eigenvalue weighted by atomic mass is 32.1. The third-order valence-corrected chi connectivity index (χ3v) is 7.60. The molecule has 27 heavy (non-hydrogen) atoms. The summed E-state index contributed by atoms with van der Waals surface area (Å²) in [5.41, 5.74) is 1.06. The van der Waals surface area contributed by atoms with Gasteiger partial charge in [-0.05, 0) is 43.7 Å². The van der Waals surface area contributed by atoms with E-state index in [9.17, 15) is 9.59 Å². The number of hydrogen-bond donors (Lipinski definition) is 1. The Morgan fingerprint density at radius 3 is 2.81 bits per heavy atom. The van der Waals surface area contributed by atoms with Crippen molar-refractivity contribution in [1.29, 1.82) is 0 Å². The van der Waals surface area contributed by atoms with Gasteiger partial charge in [0.1, 0.15) is 5.60 Å². The van der Waals surface area contributed by atoms with Crippen molar-refractivity contribution >= 4 is 23.2 Å². The molecule has 0 atom stereocenters. The van der Waals surface area contributed by atoms with Crippen LogP contribution in [0.2, 0.25) is 0 Å². The first kappa shape index (κ1) is 18.9. The number of thiophene rings is 1. The van der Waals surface area contributed by atoms with Gasteiger partial charge in [0, 0.05) is 30.6 Å². The van der Waals surface area contributed by atoms with Crippen molar-refractivity contribution in [3.05, 3.63) is 21.4 Å². The summed E-state index contributed by atoms with van der Waals surface area (Å²) < 4.78 is 10.9. The predicted molar refractivity (Wildman–Crippen MR) is 103 cm³/mol. The van der Waals surface area contributed by atoms with Crippen LogP contribution in [0, 0.1) is 0 Å². The lowest BCUT2D eigenvalue weighted by Gasteiger charge is -2.47. The van der Waals surface area contributed by atoms with Crippen molar-refractivity contribution in [2.75, 3.05) is 33.4 Å². The molecule has 0 unspecified atom stereocenters. The molecule has 2 fully saturated rings.